The van der Waals surface area contributed by atoms with E-state index in [-0.39, 0.29) is 0 Å². The van der Waals surface area contributed by atoms with Crippen LogP contribution >= 0.6 is 11.6 Å². The molecule has 0 aliphatic heterocycles. The number of rotatable bonds is 2. The molecule has 0 saturated heterocycles. The lowest BCUT2D eigenvalue weighted by Crippen LogP contribution is -2.09. The molecule has 0 amide bonds. The molecule has 3 nitrogen and oxygen atoms in total. The third-order valence-corrected chi connectivity index (χ3v) is 2.67. The molecule has 0 spiro atoms. The normalized spacial score (nSPS) is 24.1. The van der Waals surface area contributed by atoms with Crippen LogP contribution in [0, 0.1) is 5.41 Å². The Labute approximate surface area is 82.5 Å². The first-order chi connectivity index (χ1) is 6.08. The van der Waals surface area contributed by atoms with Gasteiger partial charge in [0.05, 0.1) is 0 Å². The molecule has 1 fully saturated rings. The summed E-state index contributed by atoms with van der Waals surface area (Å²) in [6.07, 6.45) is 1.19. The summed E-state index contributed by atoms with van der Waals surface area (Å²) in [7, 11) is 0. The van der Waals surface area contributed by atoms with E-state index in [0.29, 0.717) is 16.6 Å². The quantitative estimate of drug-likeness (QED) is 0.791. The maximum atomic E-state index is 5.62. The molecule has 1 saturated carbocycles. The number of hydrogen-bond donors (Lipinski definition) is 1. The van der Waals surface area contributed by atoms with Crippen molar-refractivity contribution in [1.29, 1.82) is 0 Å². The van der Waals surface area contributed by atoms with Gasteiger partial charge in [0, 0.05) is 6.04 Å². The van der Waals surface area contributed by atoms with Crippen LogP contribution in [0.4, 0.5) is 5.82 Å². The fraction of sp³-hybridized carbons (Fsp3) is 0.556. The summed E-state index contributed by atoms with van der Waals surface area (Å²) in [5, 5.41) is 11.4. The molecule has 0 radical (unpaired) electrons. The average Bonchev–Trinajstić information content (AvgIpc) is 2.64. The largest absolute Gasteiger partial charge is 0.365 e. The molecule has 1 aromatic heterocycles. The molecule has 0 bridgehead atoms. The van der Waals surface area contributed by atoms with Crippen molar-refractivity contribution >= 4 is 17.4 Å². The highest BCUT2D eigenvalue weighted by Crippen LogP contribution is 2.46. The summed E-state index contributed by atoms with van der Waals surface area (Å²) in [5.41, 5.74) is 0.404. The fourth-order valence-electron chi connectivity index (χ4n) is 1.29. The van der Waals surface area contributed by atoms with Crippen molar-refractivity contribution in [2.45, 2.75) is 26.3 Å². The Hall–Kier alpha value is -0.830. The van der Waals surface area contributed by atoms with Crippen LogP contribution in [0.15, 0.2) is 12.1 Å². The van der Waals surface area contributed by atoms with Crippen LogP contribution in [0.25, 0.3) is 0 Å². The van der Waals surface area contributed by atoms with Crippen LogP contribution in [0.2, 0.25) is 5.15 Å². The van der Waals surface area contributed by atoms with Crippen molar-refractivity contribution in [3.05, 3.63) is 17.3 Å². The van der Waals surface area contributed by atoms with Crippen molar-refractivity contribution in [3.63, 3.8) is 0 Å². The molecular formula is C9H12ClN3. The first-order valence-electron chi connectivity index (χ1n) is 4.34. The van der Waals surface area contributed by atoms with Gasteiger partial charge in [0.2, 0.25) is 0 Å². The molecule has 1 aromatic rings. The van der Waals surface area contributed by atoms with E-state index in [2.05, 4.69) is 29.4 Å². The number of anilines is 1. The topological polar surface area (TPSA) is 37.8 Å². The molecule has 1 atom stereocenters. The molecule has 1 N–H and O–H groups in total. The van der Waals surface area contributed by atoms with Gasteiger partial charge in [-0.2, -0.15) is 0 Å². The van der Waals surface area contributed by atoms with E-state index < -0.39 is 0 Å². The number of nitrogens with zero attached hydrogens (tertiary/aromatic N) is 2. The zero-order valence-electron chi connectivity index (χ0n) is 7.71. The Bertz CT molecular complexity index is 307. The van der Waals surface area contributed by atoms with Crippen LogP contribution < -0.4 is 5.32 Å². The number of halogens is 1. The first kappa shape index (κ1) is 8.75. The van der Waals surface area contributed by atoms with Crippen LogP contribution in [0.3, 0.4) is 0 Å². The van der Waals surface area contributed by atoms with E-state index in [4.69, 9.17) is 11.6 Å². The predicted octanol–water partition coefficient (Wildman–Crippen LogP) is 2.34. The van der Waals surface area contributed by atoms with Crippen molar-refractivity contribution in [3.8, 4) is 0 Å². The minimum atomic E-state index is 0.404. The highest BCUT2D eigenvalue weighted by Gasteiger charge is 2.45. The molecule has 1 unspecified atom stereocenters. The van der Waals surface area contributed by atoms with Crippen molar-refractivity contribution in [2.24, 2.45) is 5.41 Å². The highest BCUT2D eigenvalue weighted by atomic mass is 35.5. The Morgan fingerprint density at radius 1 is 1.46 bits per heavy atom. The lowest BCUT2D eigenvalue weighted by atomic mass is 10.2. The maximum Gasteiger partial charge on any atom is 0.151 e. The van der Waals surface area contributed by atoms with Gasteiger partial charge in [-0.25, -0.2) is 0 Å². The van der Waals surface area contributed by atoms with Crippen LogP contribution in [0.1, 0.15) is 20.3 Å². The van der Waals surface area contributed by atoms with E-state index in [1.807, 2.05) is 6.07 Å². The summed E-state index contributed by atoms with van der Waals surface area (Å²) >= 11 is 5.62. The Kier molecular flexibility index (Phi) is 1.91. The smallest absolute Gasteiger partial charge is 0.151 e. The van der Waals surface area contributed by atoms with Gasteiger partial charge in [0.25, 0.3) is 0 Å². The third-order valence-electron chi connectivity index (χ3n) is 2.47. The molecule has 4 heteroatoms. The Morgan fingerprint density at radius 3 is 2.62 bits per heavy atom. The van der Waals surface area contributed by atoms with Crippen molar-refractivity contribution < 1.29 is 0 Å². The highest BCUT2D eigenvalue weighted by molar-refractivity contribution is 6.29. The summed E-state index contributed by atoms with van der Waals surface area (Å²) in [5.74, 6) is 0.806. The van der Waals surface area contributed by atoms with E-state index in [9.17, 15) is 0 Å². The van der Waals surface area contributed by atoms with Gasteiger partial charge in [0.15, 0.2) is 5.15 Å². The standard InChI is InChI=1S/C9H12ClN3/c1-9(2)5-6(9)11-8-4-3-7(10)12-13-8/h3-4,6H,5H2,1-2H3,(H,11,13). The lowest BCUT2D eigenvalue weighted by molar-refractivity contribution is 0.629. The van der Waals surface area contributed by atoms with E-state index >= 15 is 0 Å². The zero-order valence-corrected chi connectivity index (χ0v) is 8.47. The second-order valence-corrected chi connectivity index (χ2v) is 4.52. The van der Waals surface area contributed by atoms with Crippen molar-refractivity contribution in [1.82, 2.24) is 10.2 Å². The monoisotopic (exact) mass is 197 g/mol. The first-order valence-corrected chi connectivity index (χ1v) is 4.71. The van der Waals surface area contributed by atoms with Crippen LogP contribution in [0.5, 0.6) is 0 Å². The molecule has 13 heavy (non-hydrogen) atoms. The fourth-order valence-corrected chi connectivity index (χ4v) is 1.39. The van der Waals surface area contributed by atoms with Gasteiger partial charge in [-0.05, 0) is 24.0 Å². The molecular weight excluding hydrogens is 186 g/mol. The summed E-state index contributed by atoms with van der Waals surface area (Å²) in [6.45, 7) is 4.46. The van der Waals surface area contributed by atoms with Gasteiger partial charge in [-0.15, -0.1) is 10.2 Å². The zero-order chi connectivity index (χ0) is 9.47. The number of hydrogen-bond acceptors (Lipinski definition) is 3. The van der Waals surface area contributed by atoms with E-state index in [1.54, 1.807) is 6.07 Å². The van der Waals surface area contributed by atoms with E-state index in [0.717, 1.165) is 5.82 Å². The summed E-state index contributed by atoms with van der Waals surface area (Å²) < 4.78 is 0. The van der Waals surface area contributed by atoms with Gasteiger partial charge in [0.1, 0.15) is 5.82 Å². The van der Waals surface area contributed by atoms with Gasteiger partial charge >= 0.3 is 0 Å². The number of aromatic nitrogens is 2. The molecule has 1 aliphatic carbocycles. The minimum Gasteiger partial charge on any atom is -0.365 e. The minimum absolute atomic E-state index is 0.404. The second kappa shape index (κ2) is 2.84. The predicted molar refractivity (Wildman–Crippen MR) is 52.9 cm³/mol. The number of nitrogens with one attached hydrogen (secondary N) is 1. The molecule has 2 rings (SSSR count). The van der Waals surface area contributed by atoms with Gasteiger partial charge < -0.3 is 5.32 Å². The third kappa shape index (κ3) is 1.91. The molecule has 0 aromatic carbocycles. The molecule has 1 aliphatic rings. The maximum absolute atomic E-state index is 5.62. The van der Waals surface area contributed by atoms with Gasteiger partial charge in [-0.1, -0.05) is 25.4 Å². The van der Waals surface area contributed by atoms with Crippen molar-refractivity contribution in [2.75, 3.05) is 5.32 Å². The van der Waals surface area contributed by atoms with Gasteiger partial charge in [-0.3, -0.25) is 0 Å². The Balaban J connectivity index is 2.00. The van der Waals surface area contributed by atoms with Crippen LogP contribution in [-0.2, 0) is 0 Å². The average molecular weight is 198 g/mol. The Morgan fingerprint density at radius 2 is 2.15 bits per heavy atom. The van der Waals surface area contributed by atoms with Crippen LogP contribution in [-0.4, -0.2) is 16.2 Å². The van der Waals surface area contributed by atoms with E-state index in [1.165, 1.54) is 6.42 Å². The summed E-state index contributed by atoms with van der Waals surface area (Å²) in [6, 6.07) is 4.12. The summed E-state index contributed by atoms with van der Waals surface area (Å²) in [4.78, 5) is 0. The molecule has 1 heterocycles. The lowest BCUT2D eigenvalue weighted by Gasteiger charge is -2.05. The SMILES string of the molecule is CC1(C)CC1Nc1ccc(Cl)nn1. The second-order valence-electron chi connectivity index (χ2n) is 4.13. The molecule has 70 valence electrons.